The van der Waals surface area contributed by atoms with Crippen LogP contribution in [-0.4, -0.2) is 39.7 Å². The van der Waals surface area contributed by atoms with Gasteiger partial charge in [0.05, 0.1) is 11.3 Å². The Hall–Kier alpha value is -3.16. The first-order valence-electron chi connectivity index (χ1n) is 11.2. The Kier molecular flexibility index (Phi) is 6.15. The number of nitrogens with zero attached hydrogens (tertiary/aromatic N) is 4. The summed E-state index contributed by atoms with van der Waals surface area (Å²) in [5, 5.41) is 3.96. The summed E-state index contributed by atoms with van der Waals surface area (Å²) < 4.78 is 15.2. The monoisotopic (exact) mass is 460 g/mol. The first-order valence-corrected chi connectivity index (χ1v) is 12.1. The highest BCUT2D eigenvalue weighted by molar-refractivity contribution is 7.13. The number of hydrogen-bond acceptors (Lipinski definition) is 4. The Morgan fingerprint density at radius 1 is 1.18 bits per heavy atom. The molecule has 0 atom stereocenters. The Balaban J connectivity index is 1.44. The standard InChI is InChI=1S/C26H25FN4OS/c1-2-31-16-23(25(32)28-14-18-5-8-20(27)9-6-18)22-13-19(7-10-24(22)31)26-29-21(17-33-26)15-30-11-3-4-12-30/h5-10,13-14,16-17H,2-4,11-12,15H2,1H3. The molecule has 0 aliphatic carbocycles. The van der Waals surface area contributed by atoms with E-state index in [0.29, 0.717) is 11.1 Å². The van der Waals surface area contributed by atoms with Crippen molar-refractivity contribution in [3.8, 4) is 10.6 Å². The third kappa shape index (κ3) is 4.65. The van der Waals surface area contributed by atoms with Gasteiger partial charge in [-0.15, -0.1) is 11.3 Å². The van der Waals surface area contributed by atoms with Gasteiger partial charge in [0.1, 0.15) is 10.8 Å². The number of benzene rings is 2. The number of halogens is 1. The molecule has 4 aromatic rings. The highest BCUT2D eigenvalue weighted by atomic mass is 32.1. The van der Waals surface area contributed by atoms with Gasteiger partial charge in [-0.3, -0.25) is 9.69 Å². The molecule has 7 heteroatoms. The van der Waals surface area contributed by atoms with E-state index in [2.05, 4.69) is 38.9 Å². The third-order valence-electron chi connectivity index (χ3n) is 6.04. The number of carbonyl (C=O) groups is 1. The van der Waals surface area contributed by atoms with Crippen molar-refractivity contribution in [1.82, 2.24) is 14.5 Å². The van der Waals surface area contributed by atoms with Gasteiger partial charge in [0.2, 0.25) is 0 Å². The van der Waals surface area contributed by atoms with Crippen molar-refractivity contribution < 1.29 is 9.18 Å². The summed E-state index contributed by atoms with van der Waals surface area (Å²) in [7, 11) is 0. The zero-order chi connectivity index (χ0) is 22.8. The van der Waals surface area contributed by atoms with E-state index >= 15 is 0 Å². The molecule has 1 fully saturated rings. The second kappa shape index (κ2) is 9.37. The second-order valence-corrected chi connectivity index (χ2v) is 9.16. The number of thiazole rings is 1. The van der Waals surface area contributed by atoms with E-state index in [1.807, 2.05) is 12.3 Å². The first kappa shape index (κ1) is 21.7. The summed E-state index contributed by atoms with van der Waals surface area (Å²) in [5.41, 5.74) is 4.34. The van der Waals surface area contributed by atoms with Crippen molar-refractivity contribution in [3.63, 3.8) is 0 Å². The molecule has 1 amide bonds. The predicted octanol–water partition coefficient (Wildman–Crippen LogP) is 5.78. The number of fused-ring (bicyclic) bond motifs is 1. The number of likely N-dealkylation sites (tertiary alicyclic amines) is 1. The highest BCUT2D eigenvalue weighted by Gasteiger charge is 2.17. The van der Waals surface area contributed by atoms with Crippen molar-refractivity contribution in [2.75, 3.05) is 13.1 Å². The van der Waals surface area contributed by atoms with Crippen LogP contribution in [0.2, 0.25) is 0 Å². The lowest BCUT2D eigenvalue weighted by Gasteiger charge is -2.11. The molecule has 5 nitrogen and oxygen atoms in total. The summed E-state index contributed by atoms with van der Waals surface area (Å²) in [6, 6.07) is 12.1. The van der Waals surface area contributed by atoms with E-state index in [1.54, 1.807) is 23.5 Å². The minimum absolute atomic E-state index is 0.317. The molecule has 3 heterocycles. The molecule has 2 aromatic heterocycles. The summed E-state index contributed by atoms with van der Waals surface area (Å²) in [5.74, 6) is -0.634. The molecule has 1 aliphatic rings. The molecular weight excluding hydrogens is 435 g/mol. The maximum atomic E-state index is 13.1. The maximum Gasteiger partial charge on any atom is 0.279 e. The number of aliphatic imine (C=N–C) groups is 1. The summed E-state index contributed by atoms with van der Waals surface area (Å²) in [4.78, 5) is 24.4. The van der Waals surface area contributed by atoms with Crippen LogP contribution in [0.4, 0.5) is 4.39 Å². The van der Waals surface area contributed by atoms with Crippen molar-refractivity contribution in [3.05, 3.63) is 76.7 Å². The molecule has 1 saturated heterocycles. The van der Waals surface area contributed by atoms with E-state index in [9.17, 15) is 9.18 Å². The third-order valence-corrected chi connectivity index (χ3v) is 6.98. The number of hydrogen-bond donors (Lipinski definition) is 0. The molecule has 33 heavy (non-hydrogen) atoms. The van der Waals surface area contributed by atoms with Crippen molar-refractivity contribution in [2.45, 2.75) is 32.9 Å². The van der Waals surface area contributed by atoms with Gasteiger partial charge < -0.3 is 4.57 Å². The highest BCUT2D eigenvalue weighted by Crippen LogP contribution is 2.31. The quantitative estimate of drug-likeness (QED) is 0.343. The Morgan fingerprint density at radius 2 is 1.97 bits per heavy atom. The average molecular weight is 461 g/mol. The Morgan fingerprint density at radius 3 is 2.73 bits per heavy atom. The van der Waals surface area contributed by atoms with Gasteiger partial charge in [-0.2, -0.15) is 0 Å². The van der Waals surface area contributed by atoms with E-state index in [1.165, 1.54) is 31.2 Å². The van der Waals surface area contributed by atoms with Gasteiger partial charge in [-0.05, 0) is 68.8 Å². The Bertz CT molecular complexity index is 1320. The van der Waals surface area contributed by atoms with Crippen LogP contribution in [0.3, 0.4) is 0 Å². The van der Waals surface area contributed by atoms with Crippen molar-refractivity contribution in [2.24, 2.45) is 4.99 Å². The van der Waals surface area contributed by atoms with Crippen LogP contribution in [0.25, 0.3) is 21.5 Å². The molecule has 0 radical (unpaired) electrons. The van der Waals surface area contributed by atoms with E-state index in [4.69, 9.17) is 4.98 Å². The predicted molar refractivity (Wildman–Crippen MR) is 132 cm³/mol. The van der Waals surface area contributed by atoms with E-state index < -0.39 is 0 Å². The summed E-state index contributed by atoms with van der Waals surface area (Å²) in [6.45, 7) is 5.99. The topological polar surface area (TPSA) is 50.5 Å². The zero-order valence-electron chi connectivity index (χ0n) is 18.5. The van der Waals surface area contributed by atoms with Crippen LogP contribution in [0, 0.1) is 5.82 Å². The number of aromatic nitrogens is 2. The lowest BCUT2D eigenvalue weighted by molar-refractivity contribution is 0.100. The molecule has 2 aromatic carbocycles. The Labute approximate surface area is 196 Å². The average Bonchev–Trinajstić information content (AvgIpc) is 3.58. The van der Waals surface area contributed by atoms with Crippen molar-refractivity contribution in [1.29, 1.82) is 0 Å². The van der Waals surface area contributed by atoms with Gasteiger partial charge in [0, 0.05) is 47.3 Å². The molecular formula is C26H25FN4OS. The van der Waals surface area contributed by atoms with Crippen LogP contribution >= 0.6 is 11.3 Å². The lowest BCUT2D eigenvalue weighted by atomic mass is 10.1. The van der Waals surface area contributed by atoms with Crippen LogP contribution in [0.15, 0.2) is 59.0 Å². The summed E-state index contributed by atoms with van der Waals surface area (Å²) in [6.07, 6.45) is 5.87. The van der Waals surface area contributed by atoms with Crippen LogP contribution in [-0.2, 0) is 13.1 Å². The SMILES string of the molecule is CCn1cc(C(=O)N=Cc2ccc(F)cc2)c2cc(-c3nc(CN4CCCC4)cs3)ccc21. The number of aryl methyl sites for hydroxylation is 1. The van der Waals surface area contributed by atoms with E-state index in [-0.39, 0.29) is 11.7 Å². The molecule has 0 spiro atoms. The molecule has 0 bridgehead atoms. The molecule has 0 N–H and O–H groups in total. The fourth-order valence-corrected chi connectivity index (χ4v) is 5.10. The van der Waals surface area contributed by atoms with Gasteiger partial charge >= 0.3 is 0 Å². The number of carbonyl (C=O) groups excluding carboxylic acids is 1. The molecule has 5 rings (SSSR count). The van der Waals surface area contributed by atoms with Gasteiger partial charge in [-0.25, -0.2) is 14.4 Å². The lowest BCUT2D eigenvalue weighted by Crippen LogP contribution is -2.18. The largest absolute Gasteiger partial charge is 0.347 e. The smallest absolute Gasteiger partial charge is 0.279 e. The molecule has 0 saturated carbocycles. The van der Waals surface area contributed by atoms with E-state index in [0.717, 1.165) is 53.3 Å². The summed E-state index contributed by atoms with van der Waals surface area (Å²) >= 11 is 1.64. The van der Waals surface area contributed by atoms with Crippen LogP contribution in [0.5, 0.6) is 0 Å². The molecule has 168 valence electrons. The minimum Gasteiger partial charge on any atom is -0.347 e. The first-order chi connectivity index (χ1) is 16.1. The number of rotatable bonds is 6. The normalized spacial score (nSPS) is 14.6. The van der Waals surface area contributed by atoms with Gasteiger partial charge in [-0.1, -0.05) is 12.1 Å². The van der Waals surface area contributed by atoms with Crippen LogP contribution in [0.1, 0.15) is 41.4 Å². The number of amides is 1. The van der Waals surface area contributed by atoms with Gasteiger partial charge in [0.15, 0.2) is 0 Å². The minimum atomic E-state index is -0.317. The fraction of sp³-hybridized carbons (Fsp3) is 0.269. The van der Waals surface area contributed by atoms with Gasteiger partial charge in [0.25, 0.3) is 5.91 Å². The van der Waals surface area contributed by atoms with Crippen molar-refractivity contribution >= 4 is 34.4 Å². The second-order valence-electron chi connectivity index (χ2n) is 8.30. The zero-order valence-corrected chi connectivity index (χ0v) is 19.3. The fourth-order valence-electron chi connectivity index (χ4n) is 4.30. The molecule has 0 unspecified atom stereocenters. The van der Waals surface area contributed by atoms with Crippen LogP contribution < -0.4 is 0 Å². The molecule has 1 aliphatic heterocycles. The maximum absolute atomic E-state index is 13.1.